The molecule has 0 saturated carbocycles. The van der Waals surface area contributed by atoms with E-state index in [0.717, 1.165) is 0 Å². The Hall–Kier alpha value is -0.380. The fraction of sp³-hybridized carbons (Fsp3) is 0.818. The number of aliphatic hydroxyl groups is 1. The lowest BCUT2D eigenvalue weighted by Crippen LogP contribution is -2.48. The average Bonchev–Trinajstić information content (AvgIpc) is 2.18. The van der Waals surface area contributed by atoms with Crippen molar-refractivity contribution in [3.05, 3.63) is 12.7 Å². The van der Waals surface area contributed by atoms with E-state index in [1.165, 1.54) is 0 Å². The van der Waals surface area contributed by atoms with E-state index < -0.39 is 6.10 Å². The minimum Gasteiger partial charge on any atom is -0.390 e. The average molecular weight is 200 g/mol. The molecule has 0 aromatic carbocycles. The molecule has 0 aliphatic carbocycles. The Labute approximate surface area is 85.7 Å². The summed E-state index contributed by atoms with van der Waals surface area (Å²) in [5, 5.41) is 9.76. The molecule has 1 aliphatic rings. The SMILES string of the molecule is C=CCO[C@H]1OC(C)[C@@H](O)C(C)[C@H]1C. The van der Waals surface area contributed by atoms with E-state index in [0.29, 0.717) is 6.61 Å². The van der Waals surface area contributed by atoms with E-state index in [9.17, 15) is 5.11 Å². The Bertz CT molecular complexity index is 193. The van der Waals surface area contributed by atoms with Crippen molar-refractivity contribution in [1.82, 2.24) is 0 Å². The predicted molar refractivity (Wildman–Crippen MR) is 54.8 cm³/mol. The quantitative estimate of drug-likeness (QED) is 0.703. The summed E-state index contributed by atoms with van der Waals surface area (Å²) in [5.74, 6) is 0.412. The fourth-order valence-corrected chi connectivity index (χ4v) is 1.76. The third-order valence-corrected chi connectivity index (χ3v) is 3.01. The Morgan fingerprint density at radius 2 is 2.00 bits per heavy atom. The lowest BCUT2D eigenvalue weighted by atomic mass is 9.85. The molecule has 0 aromatic rings. The molecule has 0 amide bonds. The van der Waals surface area contributed by atoms with Gasteiger partial charge in [-0.15, -0.1) is 6.58 Å². The summed E-state index contributed by atoms with van der Waals surface area (Å²) in [6.45, 7) is 10.0. The number of rotatable bonds is 3. The minimum atomic E-state index is -0.395. The number of hydrogen-bond donors (Lipinski definition) is 1. The summed E-state index contributed by atoms with van der Waals surface area (Å²) in [7, 11) is 0. The maximum absolute atomic E-state index is 9.76. The molecule has 1 rings (SSSR count). The molecule has 5 atom stereocenters. The van der Waals surface area contributed by atoms with Gasteiger partial charge in [0.1, 0.15) is 0 Å². The van der Waals surface area contributed by atoms with Gasteiger partial charge in [-0.2, -0.15) is 0 Å². The maximum atomic E-state index is 9.76. The molecule has 3 nitrogen and oxygen atoms in total. The van der Waals surface area contributed by atoms with E-state index in [-0.39, 0.29) is 24.2 Å². The summed E-state index contributed by atoms with van der Waals surface area (Å²) in [4.78, 5) is 0. The van der Waals surface area contributed by atoms with E-state index in [2.05, 4.69) is 6.58 Å². The Balaban J connectivity index is 2.55. The third kappa shape index (κ3) is 2.35. The van der Waals surface area contributed by atoms with E-state index in [1.807, 2.05) is 20.8 Å². The maximum Gasteiger partial charge on any atom is 0.161 e. The van der Waals surface area contributed by atoms with Crippen LogP contribution in [-0.2, 0) is 9.47 Å². The Morgan fingerprint density at radius 1 is 1.36 bits per heavy atom. The highest BCUT2D eigenvalue weighted by Gasteiger charge is 2.38. The topological polar surface area (TPSA) is 38.7 Å². The van der Waals surface area contributed by atoms with Gasteiger partial charge in [0, 0.05) is 5.92 Å². The van der Waals surface area contributed by atoms with Crippen LogP contribution in [0.25, 0.3) is 0 Å². The smallest absolute Gasteiger partial charge is 0.161 e. The van der Waals surface area contributed by atoms with Crippen molar-refractivity contribution in [3.63, 3.8) is 0 Å². The van der Waals surface area contributed by atoms with Crippen LogP contribution in [0.15, 0.2) is 12.7 Å². The van der Waals surface area contributed by atoms with Gasteiger partial charge in [0.25, 0.3) is 0 Å². The molecule has 1 aliphatic heterocycles. The van der Waals surface area contributed by atoms with E-state index in [1.54, 1.807) is 6.08 Å². The largest absolute Gasteiger partial charge is 0.390 e. The summed E-state index contributed by atoms with van der Waals surface area (Å²) in [5.41, 5.74) is 0. The second kappa shape index (κ2) is 4.91. The van der Waals surface area contributed by atoms with Gasteiger partial charge in [0.05, 0.1) is 18.8 Å². The first-order chi connectivity index (χ1) is 6.57. The first-order valence-corrected chi connectivity index (χ1v) is 5.14. The highest BCUT2D eigenvalue weighted by atomic mass is 16.7. The fourth-order valence-electron chi connectivity index (χ4n) is 1.76. The monoisotopic (exact) mass is 200 g/mol. The standard InChI is InChI=1S/C11H20O3/c1-5-6-13-11-8(3)7(2)10(12)9(4)14-11/h5,7-12H,1,6H2,2-4H3/t7?,8-,9?,10+,11+/m1/s1. The lowest BCUT2D eigenvalue weighted by Gasteiger charge is -2.40. The number of hydrogen-bond acceptors (Lipinski definition) is 3. The molecule has 0 bridgehead atoms. The number of ether oxygens (including phenoxy) is 2. The Kier molecular flexibility index (Phi) is 4.11. The molecule has 0 aromatic heterocycles. The zero-order chi connectivity index (χ0) is 10.7. The summed E-state index contributed by atoms with van der Waals surface area (Å²) in [6, 6.07) is 0. The van der Waals surface area contributed by atoms with Crippen LogP contribution in [0.2, 0.25) is 0 Å². The van der Waals surface area contributed by atoms with Crippen LogP contribution >= 0.6 is 0 Å². The zero-order valence-corrected chi connectivity index (χ0v) is 9.14. The van der Waals surface area contributed by atoms with Crippen molar-refractivity contribution in [2.45, 2.75) is 39.3 Å². The van der Waals surface area contributed by atoms with Crippen LogP contribution < -0.4 is 0 Å². The van der Waals surface area contributed by atoms with Crippen LogP contribution in [0.5, 0.6) is 0 Å². The Morgan fingerprint density at radius 3 is 2.57 bits per heavy atom. The molecule has 2 unspecified atom stereocenters. The molecule has 1 fully saturated rings. The van der Waals surface area contributed by atoms with Crippen molar-refractivity contribution < 1.29 is 14.6 Å². The van der Waals surface area contributed by atoms with Crippen molar-refractivity contribution >= 4 is 0 Å². The molecule has 82 valence electrons. The predicted octanol–water partition coefficient (Wildman–Crippen LogP) is 1.57. The van der Waals surface area contributed by atoms with E-state index in [4.69, 9.17) is 9.47 Å². The van der Waals surface area contributed by atoms with Crippen molar-refractivity contribution in [1.29, 1.82) is 0 Å². The summed E-state index contributed by atoms with van der Waals surface area (Å²) < 4.78 is 11.0. The van der Waals surface area contributed by atoms with Gasteiger partial charge in [-0.05, 0) is 12.8 Å². The van der Waals surface area contributed by atoms with Crippen molar-refractivity contribution in [3.8, 4) is 0 Å². The molecule has 1 saturated heterocycles. The lowest BCUT2D eigenvalue weighted by molar-refractivity contribution is -0.254. The van der Waals surface area contributed by atoms with Crippen LogP contribution in [0.1, 0.15) is 20.8 Å². The second-order valence-corrected chi connectivity index (χ2v) is 4.04. The molecular weight excluding hydrogens is 180 g/mol. The van der Waals surface area contributed by atoms with Gasteiger partial charge < -0.3 is 14.6 Å². The number of aliphatic hydroxyl groups excluding tert-OH is 1. The van der Waals surface area contributed by atoms with Gasteiger partial charge in [-0.1, -0.05) is 19.9 Å². The van der Waals surface area contributed by atoms with E-state index >= 15 is 0 Å². The van der Waals surface area contributed by atoms with Gasteiger partial charge >= 0.3 is 0 Å². The molecule has 0 radical (unpaired) electrons. The molecule has 0 spiro atoms. The highest BCUT2D eigenvalue weighted by molar-refractivity contribution is 4.83. The van der Waals surface area contributed by atoms with Gasteiger partial charge in [0.15, 0.2) is 6.29 Å². The summed E-state index contributed by atoms with van der Waals surface area (Å²) >= 11 is 0. The minimum absolute atomic E-state index is 0.156. The molecular formula is C11H20O3. The van der Waals surface area contributed by atoms with Gasteiger partial charge in [0.2, 0.25) is 0 Å². The normalized spacial score (nSPS) is 43.6. The van der Waals surface area contributed by atoms with Crippen molar-refractivity contribution in [2.24, 2.45) is 11.8 Å². The van der Waals surface area contributed by atoms with Crippen LogP contribution in [-0.4, -0.2) is 30.2 Å². The van der Waals surface area contributed by atoms with Crippen molar-refractivity contribution in [2.75, 3.05) is 6.61 Å². The molecule has 14 heavy (non-hydrogen) atoms. The zero-order valence-electron chi connectivity index (χ0n) is 9.14. The van der Waals surface area contributed by atoms with Gasteiger partial charge in [-0.25, -0.2) is 0 Å². The highest BCUT2D eigenvalue weighted by Crippen LogP contribution is 2.30. The first-order valence-electron chi connectivity index (χ1n) is 5.14. The molecule has 1 heterocycles. The molecule has 3 heteroatoms. The second-order valence-electron chi connectivity index (χ2n) is 4.04. The van der Waals surface area contributed by atoms with Crippen LogP contribution in [0.4, 0.5) is 0 Å². The van der Waals surface area contributed by atoms with Crippen LogP contribution in [0.3, 0.4) is 0 Å². The van der Waals surface area contributed by atoms with Crippen LogP contribution in [0, 0.1) is 11.8 Å². The molecule has 1 N–H and O–H groups in total. The third-order valence-electron chi connectivity index (χ3n) is 3.01. The first kappa shape index (κ1) is 11.7. The van der Waals surface area contributed by atoms with Gasteiger partial charge in [-0.3, -0.25) is 0 Å². The summed E-state index contributed by atoms with van der Waals surface area (Å²) in [6.07, 6.45) is 0.933.